The van der Waals surface area contributed by atoms with Crippen LogP contribution in [0.2, 0.25) is 0 Å². The molecular weight excluding hydrogens is 761 g/mol. The van der Waals surface area contributed by atoms with E-state index in [-0.39, 0.29) is 37.8 Å². The predicted octanol–water partition coefficient (Wildman–Crippen LogP) is 4.47. The number of amides is 6. The van der Waals surface area contributed by atoms with Gasteiger partial charge in [-0.3, -0.25) is 19.6 Å². The van der Waals surface area contributed by atoms with Gasteiger partial charge in [0.2, 0.25) is 11.8 Å². The van der Waals surface area contributed by atoms with Crippen LogP contribution in [0.4, 0.5) is 9.59 Å². The quantitative estimate of drug-likeness (QED) is 0.0711. The van der Waals surface area contributed by atoms with Gasteiger partial charge in [0, 0.05) is 26.5 Å². The molecule has 0 aliphatic heterocycles. The fourth-order valence-corrected chi connectivity index (χ4v) is 6.77. The molecule has 14 heteroatoms. The molecule has 2 aromatic heterocycles. The summed E-state index contributed by atoms with van der Waals surface area (Å²) in [4.78, 5) is 66.8. The number of aliphatic hydroxyl groups is 2. The van der Waals surface area contributed by atoms with Crippen molar-refractivity contribution in [2.24, 2.45) is 11.8 Å². The maximum Gasteiger partial charge on any atom is 0.318 e. The van der Waals surface area contributed by atoms with Crippen molar-refractivity contribution in [1.29, 1.82) is 0 Å². The minimum absolute atomic E-state index is 0.131. The van der Waals surface area contributed by atoms with Crippen molar-refractivity contribution in [3.63, 3.8) is 0 Å². The Morgan fingerprint density at radius 2 is 0.900 bits per heavy atom. The lowest BCUT2D eigenvalue weighted by Gasteiger charge is -2.35. The molecule has 322 valence electrons. The van der Waals surface area contributed by atoms with Gasteiger partial charge in [0.15, 0.2) is 0 Å². The Balaban J connectivity index is 1.59. The molecule has 4 aromatic rings. The smallest absolute Gasteiger partial charge is 0.318 e. The minimum atomic E-state index is -1.59. The molecule has 6 amide bonds. The minimum Gasteiger partial charge on any atom is -0.388 e. The molecule has 4 rings (SSSR count). The monoisotopic (exact) mass is 822 g/mol. The van der Waals surface area contributed by atoms with E-state index in [2.05, 4.69) is 31.2 Å². The topological polar surface area (TPSA) is 189 Å². The average molecular weight is 823 g/mol. The third kappa shape index (κ3) is 14.2. The lowest BCUT2D eigenvalue weighted by atomic mass is 9.89. The summed E-state index contributed by atoms with van der Waals surface area (Å²) in [5.41, 5.74) is 2.93. The molecule has 14 nitrogen and oxygen atoms in total. The Kier molecular flexibility index (Phi) is 18.5. The fraction of sp³-hybridized carbons (Fsp3) is 0.435. The highest BCUT2D eigenvalue weighted by Crippen LogP contribution is 2.18. The van der Waals surface area contributed by atoms with Crippen molar-refractivity contribution in [3.05, 3.63) is 132 Å². The Morgan fingerprint density at radius 3 is 1.22 bits per heavy atom. The summed E-state index contributed by atoms with van der Waals surface area (Å²) < 4.78 is 0. The van der Waals surface area contributed by atoms with E-state index in [1.54, 1.807) is 50.8 Å². The summed E-state index contributed by atoms with van der Waals surface area (Å²) in [5.74, 6) is -1.65. The van der Waals surface area contributed by atoms with Gasteiger partial charge in [0.25, 0.3) is 0 Å². The van der Waals surface area contributed by atoms with Gasteiger partial charge >= 0.3 is 12.1 Å². The van der Waals surface area contributed by atoms with E-state index in [1.807, 2.05) is 100 Å². The number of pyridine rings is 2. The van der Waals surface area contributed by atoms with Crippen molar-refractivity contribution < 1.29 is 29.4 Å². The SMILES string of the molecule is CC[C@H](C)[C@H](NC(=O)N(C)Cc1ccccn1)C(=O)N[C@@H](Cc1ccccc1)[C@H](O)[C@@H](O)[C@H](Cc1ccccc1)NC(=O)[C@@H](NC(=O)N(C)Cc1ccccn1)[C@@H](C)CC. The number of aliphatic hydroxyl groups excluding tert-OH is 2. The number of hydrogen-bond donors (Lipinski definition) is 6. The second-order valence-corrected chi connectivity index (χ2v) is 15.6. The van der Waals surface area contributed by atoms with E-state index in [9.17, 15) is 29.4 Å². The van der Waals surface area contributed by atoms with Gasteiger partial charge in [-0.05, 0) is 60.1 Å². The lowest BCUT2D eigenvalue weighted by molar-refractivity contribution is -0.129. The van der Waals surface area contributed by atoms with Gasteiger partial charge in [0.05, 0.1) is 36.6 Å². The third-order valence-corrected chi connectivity index (χ3v) is 10.9. The van der Waals surface area contributed by atoms with Gasteiger partial charge in [-0.25, -0.2) is 9.59 Å². The van der Waals surface area contributed by atoms with Crippen molar-refractivity contribution in [2.45, 2.75) is 103 Å². The maximum absolute atomic E-state index is 14.2. The molecule has 0 aliphatic rings. The van der Waals surface area contributed by atoms with Gasteiger partial charge in [-0.1, -0.05) is 113 Å². The number of hydrogen-bond acceptors (Lipinski definition) is 8. The van der Waals surface area contributed by atoms with Crippen LogP contribution in [0.5, 0.6) is 0 Å². The molecular formula is C46H62N8O6. The Morgan fingerprint density at radius 1 is 0.550 bits per heavy atom. The van der Waals surface area contributed by atoms with Gasteiger partial charge in [0.1, 0.15) is 24.3 Å². The summed E-state index contributed by atoms with van der Waals surface area (Å²) in [6.45, 7) is 7.99. The summed E-state index contributed by atoms with van der Waals surface area (Å²) in [6, 6.07) is 24.3. The molecule has 60 heavy (non-hydrogen) atoms. The molecule has 2 heterocycles. The maximum atomic E-state index is 14.2. The molecule has 0 saturated heterocycles. The van der Waals surface area contributed by atoms with Gasteiger partial charge in [-0.15, -0.1) is 0 Å². The standard InChI is InChI=1S/C46H62N8O6/c1-7-31(3)39(51-45(59)53(5)29-35-23-15-17-25-47-35)43(57)49-37(27-33-19-11-9-12-20-33)41(55)42(56)38(28-34-21-13-10-14-22-34)50-44(58)40(32(4)8-2)52-46(60)54(6)30-36-24-16-18-26-48-36/h9-26,31-32,37-42,55-56H,7-8,27-30H2,1-6H3,(H,49,57)(H,50,58)(H,51,59)(H,52,60)/t31-,32-,37-,38-,39-,40-,41-,42-/m0/s1. The molecule has 0 unspecified atom stereocenters. The molecule has 2 aromatic carbocycles. The summed E-state index contributed by atoms with van der Waals surface area (Å²) in [7, 11) is 3.24. The summed E-state index contributed by atoms with van der Waals surface area (Å²) in [5, 5.41) is 35.9. The van der Waals surface area contributed by atoms with E-state index in [0.29, 0.717) is 24.2 Å². The molecule has 0 saturated carbocycles. The number of urea groups is 2. The highest BCUT2D eigenvalue weighted by Gasteiger charge is 2.38. The van der Waals surface area contributed by atoms with Crippen LogP contribution in [0, 0.1) is 11.8 Å². The van der Waals surface area contributed by atoms with Crippen LogP contribution < -0.4 is 21.3 Å². The number of nitrogens with one attached hydrogen (secondary N) is 4. The second kappa shape index (κ2) is 23.7. The first kappa shape index (κ1) is 46.8. The average Bonchev–Trinajstić information content (AvgIpc) is 3.26. The second-order valence-electron chi connectivity index (χ2n) is 15.6. The predicted molar refractivity (Wildman–Crippen MR) is 231 cm³/mol. The Labute approximate surface area is 354 Å². The molecule has 8 atom stereocenters. The number of carbonyl (C=O) groups excluding carboxylic acids is 4. The molecule has 0 aliphatic carbocycles. The van der Waals surface area contributed by atoms with Crippen LogP contribution in [-0.4, -0.2) is 104 Å². The Hall–Kier alpha value is -5.86. The largest absolute Gasteiger partial charge is 0.388 e. The summed E-state index contributed by atoms with van der Waals surface area (Å²) in [6.07, 6.45) is 1.49. The van der Waals surface area contributed by atoms with Gasteiger partial charge < -0.3 is 41.3 Å². The number of benzene rings is 2. The summed E-state index contributed by atoms with van der Waals surface area (Å²) >= 11 is 0. The van der Waals surface area contributed by atoms with E-state index < -0.39 is 60.3 Å². The molecule has 6 N–H and O–H groups in total. The first-order valence-electron chi connectivity index (χ1n) is 20.7. The molecule has 0 fully saturated rings. The van der Waals surface area contributed by atoms with Crippen LogP contribution >= 0.6 is 0 Å². The van der Waals surface area contributed by atoms with E-state index in [4.69, 9.17) is 0 Å². The normalized spacial score (nSPS) is 15.1. The zero-order valence-electron chi connectivity index (χ0n) is 35.6. The van der Waals surface area contributed by atoms with E-state index in [1.165, 1.54) is 9.80 Å². The number of nitrogens with zero attached hydrogens (tertiary/aromatic N) is 4. The number of aromatic nitrogens is 2. The Bertz CT molecular complexity index is 1770. The van der Waals surface area contributed by atoms with Crippen LogP contribution in [0.1, 0.15) is 63.1 Å². The first-order chi connectivity index (χ1) is 28.8. The van der Waals surface area contributed by atoms with Crippen LogP contribution in [0.25, 0.3) is 0 Å². The highest BCUT2D eigenvalue weighted by atomic mass is 16.3. The molecule has 0 bridgehead atoms. The van der Waals surface area contributed by atoms with E-state index >= 15 is 0 Å². The number of carbonyl (C=O) groups is 4. The van der Waals surface area contributed by atoms with Crippen molar-refractivity contribution in [1.82, 2.24) is 41.0 Å². The van der Waals surface area contributed by atoms with Crippen LogP contribution in [-0.2, 0) is 35.5 Å². The molecule has 0 spiro atoms. The lowest BCUT2D eigenvalue weighted by Crippen LogP contribution is -2.62. The highest BCUT2D eigenvalue weighted by molar-refractivity contribution is 5.88. The molecule has 0 radical (unpaired) electrons. The zero-order valence-corrected chi connectivity index (χ0v) is 35.6. The van der Waals surface area contributed by atoms with Crippen LogP contribution in [0.15, 0.2) is 109 Å². The first-order valence-corrected chi connectivity index (χ1v) is 20.7. The van der Waals surface area contributed by atoms with Gasteiger partial charge in [-0.2, -0.15) is 0 Å². The van der Waals surface area contributed by atoms with Crippen molar-refractivity contribution >= 4 is 23.9 Å². The van der Waals surface area contributed by atoms with E-state index in [0.717, 1.165) is 11.1 Å². The van der Waals surface area contributed by atoms with Crippen LogP contribution in [0.3, 0.4) is 0 Å². The van der Waals surface area contributed by atoms with Crippen molar-refractivity contribution in [2.75, 3.05) is 14.1 Å². The zero-order chi connectivity index (χ0) is 43.6. The number of rotatable bonds is 21. The third-order valence-electron chi connectivity index (χ3n) is 10.9. The fourth-order valence-electron chi connectivity index (χ4n) is 6.77. The van der Waals surface area contributed by atoms with Crippen molar-refractivity contribution in [3.8, 4) is 0 Å².